The fraction of sp³-hybridized carbons (Fsp3) is 0.143. The molecular weight excluding hydrogens is 232 g/mol. The molecule has 2 aromatic rings. The summed E-state index contributed by atoms with van der Waals surface area (Å²) in [4.78, 5) is 0. The van der Waals surface area contributed by atoms with Crippen molar-refractivity contribution in [3.05, 3.63) is 47.5 Å². The van der Waals surface area contributed by atoms with Crippen molar-refractivity contribution in [1.29, 1.82) is 0 Å². The molecule has 94 valence electrons. The highest BCUT2D eigenvalue weighted by Gasteiger charge is 2.03. The second kappa shape index (κ2) is 5.08. The molecule has 0 unspecified atom stereocenters. The third kappa shape index (κ3) is 2.16. The number of benzene rings is 2. The second-order valence-electron chi connectivity index (χ2n) is 3.93. The minimum Gasteiger partial charge on any atom is -0.872 e. The molecule has 2 aromatic carbocycles. The van der Waals surface area contributed by atoms with Gasteiger partial charge >= 0.3 is 0 Å². The molecule has 0 saturated heterocycles. The van der Waals surface area contributed by atoms with Crippen molar-refractivity contribution in [2.75, 3.05) is 0 Å². The summed E-state index contributed by atoms with van der Waals surface area (Å²) in [5.41, 5.74) is 1.54. The maximum Gasteiger partial charge on any atom is 0.0676 e. The topological polar surface area (TPSA) is 86.6 Å². The number of aliphatic hydroxyl groups is 2. The van der Waals surface area contributed by atoms with Crippen LogP contribution in [0.1, 0.15) is 11.1 Å². The van der Waals surface area contributed by atoms with Crippen molar-refractivity contribution in [2.45, 2.75) is 13.2 Å². The van der Waals surface area contributed by atoms with E-state index in [9.17, 15) is 10.2 Å². The Morgan fingerprint density at radius 1 is 0.889 bits per heavy atom. The Labute approximate surface area is 104 Å². The van der Waals surface area contributed by atoms with Crippen molar-refractivity contribution in [1.82, 2.24) is 0 Å². The van der Waals surface area contributed by atoms with Gasteiger partial charge in [0.25, 0.3) is 0 Å². The maximum atomic E-state index is 12.0. The zero-order valence-corrected chi connectivity index (χ0v) is 9.59. The van der Waals surface area contributed by atoms with Crippen molar-refractivity contribution < 1.29 is 20.4 Å². The fourth-order valence-electron chi connectivity index (χ4n) is 1.81. The summed E-state index contributed by atoms with van der Waals surface area (Å²) < 4.78 is 0. The van der Waals surface area contributed by atoms with Gasteiger partial charge in [-0.1, -0.05) is 36.1 Å². The molecule has 0 fully saturated rings. The lowest BCUT2D eigenvalue weighted by atomic mass is 9.99. The number of para-hydroxylation sites is 1. The molecule has 0 bridgehead atoms. The van der Waals surface area contributed by atoms with Crippen LogP contribution in [0.15, 0.2) is 36.4 Å². The van der Waals surface area contributed by atoms with Crippen molar-refractivity contribution in [3.63, 3.8) is 0 Å². The molecule has 4 nitrogen and oxygen atoms in total. The van der Waals surface area contributed by atoms with Gasteiger partial charge in [-0.3, -0.25) is 0 Å². The largest absolute Gasteiger partial charge is 0.872 e. The van der Waals surface area contributed by atoms with E-state index in [-0.39, 0.29) is 30.3 Å². The Morgan fingerprint density at radius 2 is 1.61 bits per heavy atom. The number of rotatable bonds is 3. The fourth-order valence-corrected chi connectivity index (χ4v) is 1.81. The van der Waals surface area contributed by atoms with Crippen LogP contribution in [0.2, 0.25) is 0 Å². The van der Waals surface area contributed by atoms with Crippen LogP contribution in [0.3, 0.4) is 0 Å². The summed E-state index contributed by atoms with van der Waals surface area (Å²) in [5.74, 6) is -0.519. The Kier molecular flexibility index (Phi) is 3.50. The van der Waals surface area contributed by atoms with Gasteiger partial charge in [0.15, 0.2) is 0 Å². The van der Waals surface area contributed by atoms with Gasteiger partial charge in [0.2, 0.25) is 0 Å². The predicted octanol–water partition coefficient (Wildman–Crippen LogP) is 0.485. The average Bonchev–Trinajstić information content (AvgIpc) is 2.40. The van der Waals surface area contributed by atoms with E-state index in [1.807, 2.05) is 0 Å². The first kappa shape index (κ1) is 12.4. The van der Waals surface area contributed by atoms with E-state index in [1.165, 1.54) is 12.1 Å². The number of hydrogen-bond donors (Lipinski definition) is 2. The summed E-state index contributed by atoms with van der Waals surface area (Å²) in [6.07, 6.45) is 0. The molecule has 0 aliphatic rings. The minimum atomic E-state index is -0.361. The van der Waals surface area contributed by atoms with Crippen LogP contribution in [-0.2, 0) is 13.2 Å². The van der Waals surface area contributed by atoms with Gasteiger partial charge in [0.05, 0.1) is 13.2 Å². The monoisotopic (exact) mass is 244 g/mol. The lowest BCUT2D eigenvalue weighted by Gasteiger charge is -2.19. The second-order valence-corrected chi connectivity index (χ2v) is 3.93. The maximum absolute atomic E-state index is 12.0. The average molecular weight is 244 g/mol. The lowest BCUT2D eigenvalue weighted by molar-refractivity contribution is -0.270. The smallest absolute Gasteiger partial charge is 0.0676 e. The first-order valence-electron chi connectivity index (χ1n) is 5.48. The standard InChI is InChI=1S/C14H14O4/c15-7-10-2-1-3-12(14(10)18)9-4-5-13(17)11(6-9)8-16/h1-6,15-18H,7-8H2/p-2. The molecular formula is C14H12O4-2. The Hall–Kier alpha value is -2.04. The van der Waals surface area contributed by atoms with Crippen LogP contribution >= 0.6 is 0 Å². The summed E-state index contributed by atoms with van der Waals surface area (Å²) in [6.45, 7) is -0.681. The Bertz CT molecular complexity index is 564. The van der Waals surface area contributed by atoms with Crippen molar-refractivity contribution >= 4 is 0 Å². The Balaban J connectivity index is 2.55. The molecule has 4 heteroatoms. The van der Waals surface area contributed by atoms with Crippen LogP contribution in [0.4, 0.5) is 0 Å². The predicted molar refractivity (Wildman–Crippen MR) is 62.6 cm³/mol. The van der Waals surface area contributed by atoms with Crippen LogP contribution in [0.5, 0.6) is 11.5 Å². The van der Waals surface area contributed by atoms with Crippen LogP contribution in [0, 0.1) is 0 Å². The summed E-state index contributed by atoms with van der Waals surface area (Å²) in [7, 11) is 0. The third-order valence-corrected chi connectivity index (χ3v) is 2.81. The molecule has 18 heavy (non-hydrogen) atoms. The summed E-state index contributed by atoms with van der Waals surface area (Å²) in [5, 5.41) is 41.4. The van der Waals surface area contributed by atoms with E-state index in [2.05, 4.69) is 0 Å². The number of hydrogen-bond acceptors (Lipinski definition) is 4. The highest BCUT2D eigenvalue weighted by atomic mass is 16.3. The molecule has 0 radical (unpaired) electrons. The lowest BCUT2D eigenvalue weighted by Crippen LogP contribution is -2.01. The highest BCUT2D eigenvalue weighted by molar-refractivity contribution is 5.72. The van der Waals surface area contributed by atoms with E-state index in [4.69, 9.17) is 10.2 Å². The van der Waals surface area contributed by atoms with Gasteiger partial charge in [-0.25, -0.2) is 0 Å². The van der Waals surface area contributed by atoms with Gasteiger partial charge in [-0.05, 0) is 28.3 Å². The molecule has 0 saturated carbocycles. The van der Waals surface area contributed by atoms with Gasteiger partial charge in [-0.15, -0.1) is 5.75 Å². The summed E-state index contributed by atoms with van der Waals surface area (Å²) in [6, 6.07) is 9.22. The minimum absolute atomic E-state index is 0.251. The molecule has 2 N–H and O–H groups in total. The van der Waals surface area contributed by atoms with Crippen molar-refractivity contribution in [3.8, 4) is 22.6 Å². The Morgan fingerprint density at radius 3 is 2.28 bits per heavy atom. The van der Waals surface area contributed by atoms with Crippen molar-refractivity contribution in [2.24, 2.45) is 0 Å². The molecule has 0 atom stereocenters. The first-order chi connectivity index (χ1) is 8.67. The molecule has 2 rings (SSSR count). The normalized spacial score (nSPS) is 10.6. The van der Waals surface area contributed by atoms with Crippen LogP contribution in [-0.4, -0.2) is 10.2 Å². The zero-order chi connectivity index (χ0) is 13.1. The molecule has 0 aliphatic carbocycles. The molecule has 0 amide bonds. The van der Waals surface area contributed by atoms with E-state index in [0.29, 0.717) is 16.7 Å². The van der Waals surface area contributed by atoms with Gasteiger partial charge in [-0.2, -0.15) is 0 Å². The van der Waals surface area contributed by atoms with E-state index < -0.39 is 0 Å². The van der Waals surface area contributed by atoms with E-state index in [1.54, 1.807) is 24.3 Å². The molecule has 0 heterocycles. The van der Waals surface area contributed by atoms with E-state index in [0.717, 1.165) is 0 Å². The zero-order valence-electron chi connectivity index (χ0n) is 9.59. The quantitative estimate of drug-likeness (QED) is 0.822. The molecule has 0 aliphatic heterocycles. The van der Waals surface area contributed by atoms with Crippen LogP contribution in [0.25, 0.3) is 11.1 Å². The van der Waals surface area contributed by atoms with Crippen LogP contribution < -0.4 is 10.2 Å². The van der Waals surface area contributed by atoms with Gasteiger partial charge in [0.1, 0.15) is 0 Å². The first-order valence-corrected chi connectivity index (χ1v) is 5.48. The van der Waals surface area contributed by atoms with Gasteiger partial charge < -0.3 is 20.4 Å². The summed E-state index contributed by atoms with van der Waals surface area (Å²) >= 11 is 0. The number of aliphatic hydroxyl groups excluding tert-OH is 2. The highest BCUT2D eigenvalue weighted by Crippen LogP contribution is 2.32. The molecule has 0 aromatic heterocycles. The third-order valence-electron chi connectivity index (χ3n) is 2.81. The molecule has 0 spiro atoms. The van der Waals surface area contributed by atoms with Gasteiger partial charge in [0, 0.05) is 0 Å². The SMILES string of the molecule is [O-]c1ccc(-c2cccc(CO)c2[O-])cc1CO. The van der Waals surface area contributed by atoms with E-state index >= 15 is 0 Å².